The van der Waals surface area contributed by atoms with E-state index in [1.165, 1.54) is 11.1 Å². The van der Waals surface area contributed by atoms with Gasteiger partial charge in [-0.15, -0.1) is 0 Å². The lowest BCUT2D eigenvalue weighted by Gasteiger charge is -2.33. The number of nitrogens with one attached hydrogen (secondary N) is 1. The quantitative estimate of drug-likeness (QED) is 0.0988. The molecule has 2 unspecified atom stereocenters. The van der Waals surface area contributed by atoms with E-state index in [-0.39, 0.29) is 29.9 Å². The maximum absolute atomic E-state index is 14.0. The maximum Gasteiger partial charge on any atom is 0.264 e. The van der Waals surface area contributed by atoms with Gasteiger partial charge in [0.2, 0.25) is 5.91 Å². The number of carbonyl (C=O) groups excluding carboxylic acids is 2. The SMILES string of the molecule is CC(C)(C)C1CC=C(c2ccc(C(Cc3ccc(C(=O)CCCS(=O)(=O)O)cc3)C(=O)Nc3ccc(-c4cc5ccccc5o4)cc3)cc2)CC1. The van der Waals surface area contributed by atoms with Crippen molar-refractivity contribution in [2.45, 2.75) is 65.2 Å². The van der Waals surface area contributed by atoms with E-state index in [1.807, 2.05) is 78.9 Å². The third kappa shape index (κ3) is 9.31. The van der Waals surface area contributed by atoms with Crippen LogP contribution in [0.2, 0.25) is 0 Å². The molecular weight excluding hydrogens is 659 g/mol. The number of furan rings is 1. The van der Waals surface area contributed by atoms with Gasteiger partial charge in [0.25, 0.3) is 10.1 Å². The van der Waals surface area contributed by atoms with Crippen LogP contribution in [0, 0.1) is 11.3 Å². The number of rotatable bonds is 12. The van der Waals surface area contributed by atoms with Gasteiger partial charge in [-0.25, -0.2) is 0 Å². The van der Waals surface area contributed by atoms with Crippen molar-refractivity contribution in [1.29, 1.82) is 0 Å². The standard InChI is InChI=1S/C43H45NO6S/c1-43(2,3)36-22-18-31(19-23-36)30-14-16-32(17-15-30)38(27-29-10-12-33(13-11-29)39(45)8-6-26-51(47,48)49)42(46)44-37-24-20-34(21-25-37)41-28-35-7-4-5-9-40(35)50-41/h4-5,7,9-18,20-21,24-25,28,36,38H,6,8,19,22-23,26-27H2,1-3H3,(H,44,46)(H,47,48,49). The molecule has 0 saturated carbocycles. The third-order valence-electron chi connectivity index (χ3n) is 10.0. The van der Waals surface area contributed by atoms with Crippen LogP contribution in [0.5, 0.6) is 0 Å². The van der Waals surface area contributed by atoms with E-state index in [0.29, 0.717) is 23.6 Å². The molecule has 1 aliphatic carbocycles. The van der Waals surface area contributed by atoms with Crippen molar-refractivity contribution in [2.24, 2.45) is 11.3 Å². The minimum absolute atomic E-state index is 0.0128. The van der Waals surface area contributed by atoms with Crippen LogP contribution in [0.3, 0.4) is 0 Å². The molecule has 4 aromatic carbocycles. The summed E-state index contributed by atoms with van der Waals surface area (Å²) >= 11 is 0. The van der Waals surface area contributed by atoms with Crippen molar-refractivity contribution < 1.29 is 27.0 Å². The molecular formula is C43H45NO6S. The van der Waals surface area contributed by atoms with Crippen molar-refractivity contribution in [2.75, 3.05) is 11.1 Å². The number of allylic oxidation sites excluding steroid dienone is 2. The largest absolute Gasteiger partial charge is 0.456 e. The van der Waals surface area contributed by atoms with Crippen molar-refractivity contribution in [3.63, 3.8) is 0 Å². The van der Waals surface area contributed by atoms with E-state index in [2.05, 4.69) is 44.3 Å². The zero-order valence-electron chi connectivity index (χ0n) is 29.4. The molecule has 0 aliphatic heterocycles. The highest BCUT2D eigenvalue weighted by atomic mass is 32.2. The number of amides is 1. The van der Waals surface area contributed by atoms with E-state index < -0.39 is 21.8 Å². The van der Waals surface area contributed by atoms with E-state index >= 15 is 0 Å². The molecule has 0 bridgehead atoms. The van der Waals surface area contributed by atoms with Gasteiger partial charge < -0.3 is 9.73 Å². The number of anilines is 1. The van der Waals surface area contributed by atoms with Crippen LogP contribution in [0.25, 0.3) is 27.9 Å². The Morgan fingerprint density at radius 1 is 0.902 bits per heavy atom. The van der Waals surface area contributed by atoms with Crippen LogP contribution in [-0.2, 0) is 21.3 Å². The lowest BCUT2D eigenvalue weighted by Crippen LogP contribution is -2.23. The number of fused-ring (bicyclic) bond motifs is 1. The Labute approximate surface area is 300 Å². The molecule has 1 heterocycles. The molecule has 5 aromatic rings. The molecule has 6 rings (SSSR count). The molecule has 7 nitrogen and oxygen atoms in total. The average molecular weight is 704 g/mol. The Balaban J connectivity index is 1.20. The second-order valence-electron chi connectivity index (χ2n) is 14.7. The van der Waals surface area contributed by atoms with Crippen molar-refractivity contribution in [3.05, 3.63) is 131 Å². The molecule has 2 atom stereocenters. The Kier molecular flexibility index (Phi) is 10.7. The van der Waals surface area contributed by atoms with Gasteiger partial charge in [-0.2, -0.15) is 8.42 Å². The molecule has 1 aliphatic rings. The van der Waals surface area contributed by atoms with Crippen LogP contribution in [0.1, 0.15) is 85.8 Å². The molecule has 264 valence electrons. The minimum atomic E-state index is -4.11. The number of hydrogen-bond donors (Lipinski definition) is 2. The summed E-state index contributed by atoms with van der Waals surface area (Å²) in [5.41, 5.74) is 7.47. The molecule has 51 heavy (non-hydrogen) atoms. The molecule has 0 radical (unpaired) electrons. The first-order valence-electron chi connectivity index (χ1n) is 17.6. The van der Waals surface area contributed by atoms with Gasteiger partial charge >= 0.3 is 0 Å². The highest BCUT2D eigenvalue weighted by molar-refractivity contribution is 7.85. The maximum atomic E-state index is 14.0. The number of carbonyl (C=O) groups is 2. The summed E-state index contributed by atoms with van der Waals surface area (Å²) in [5, 5.41) is 4.15. The lowest BCUT2D eigenvalue weighted by molar-refractivity contribution is -0.117. The number of Topliss-reactive ketones (excluding diaryl/α,β-unsaturated/α-hetero) is 1. The summed E-state index contributed by atoms with van der Waals surface area (Å²) in [5.74, 6) is 0.121. The van der Waals surface area contributed by atoms with Gasteiger partial charge in [-0.1, -0.05) is 93.6 Å². The van der Waals surface area contributed by atoms with E-state index in [1.54, 1.807) is 12.1 Å². The first-order valence-corrected chi connectivity index (χ1v) is 19.2. The Morgan fingerprint density at radius 2 is 1.59 bits per heavy atom. The highest BCUT2D eigenvalue weighted by Crippen LogP contribution is 2.40. The van der Waals surface area contributed by atoms with E-state index in [9.17, 15) is 18.0 Å². The second-order valence-corrected chi connectivity index (χ2v) is 16.2. The molecule has 0 spiro atoms. The van der Waals surface area contributed by atoms with Crippen LogP contribution in [0.15, 0.2) is 114 Å². The summed E-state index contributed by atoms with van der Waals surface area (Å²) in [6.45, 7) is 6.93. The second kappa shape index (κ2) is 15.2. The Bertz CT molecular complexity index is 2100. The zero-order valence-corrected chi connectivity index (χ0v) is 30.2. The van der Waals surface area contributed by atoms with Crippen molar-refractivity contribution >= 4 is 44.0 Å². The smallest absolute Gasteiger partial charge is 0.264 e. The van der Waals surface area contributed by atoms with E-state index in [0.717, 1.165) is 52.7 Å². The van der Waals surface area contributed by atoms with Gasteiger partial charge in [0, 0.05) is 28.6 Å². The zero-order chi connectivity index (χ0) is 36.2. The lowest BCUT2D eigenvalue weighted by atomic mass is 9.72. The van der Waals surface area contributed by atoms with Crippen LogP contribution in [0.4, 0.5) is 5.69 Å². The predicted octanol–water partition coefficient (Wildman–Crippen LogP) is 10.1. The molecule has 0 saturated heterocycles. The number of ketones is 1. The van der Waals surface area contributed by atoms with Crippen LogP contribution in [-0.4, -0.2) is 30.4 Å². The first kappa shape index (κ1) is 36.0. The fourth-order valence-corrected chi connectivity index (χ4v) is 7.38. The fourth-order valence-electron chi connectivity index (χ4n) is 6.87. The monoisotopic (exact) mass is 703 g/mol. The number of para-hydroxylation sites is 1. The van der Waals surface area contributed by atoms with Crippen molar-refractivity contribution in [1.82, 2.24) is 0 Å². The topological polar surface area (TPSA) is 114 Å². The summed E-state index contributed by atoms with van der Waals surface area (Å²) in [6.07, 6.45) is 6.12. The molecule has 8 heteroatoms. The summed E-state index contributed by atoms with van der Waals surface area (Å²) in [6, 6.07) is 32.9. The number of benzene rings is 4. The summed E-state index contributed by atoms with van der Waals surface area (Å²) in [7, 11) is -4.11. The molecule has 0 fully saturated rings. The Hall–Kier alpha value is -4.79. The molecule has 1 amide bonds. The summed E-state index contributed by atoms with van der Waals surface area (Å²) in [4.78, 5) is 26.7. The minimum Gasteiger partial charge on any atom is -0.456 e. The van der Waals surface area contributed by atoms with E-state index in [4.69, 9.17) is 8.97 Å². The Morgan fingerprint density at radius 3 is 2.22 bits per heavy atom. The van der Waals surface area contributed by atoms with Gasteiger partial charge in [0.1, 0.15) is 11.3 Å². The fraction of sp³-hybridized carbons (Fsp3) is 0.302. The van der Waals surface area contributed by atoms with Gasteiger partial charge in [0.05, 0.1) is 11.7 Å². The summed E-state index contributed by atoms with van der Waals surface area (Å²) < 4.78 is 37.1. The van der Waals surface area contributed by atoms with Gasteiger partial charge in [-0.3, -0.25) is 14.1 Å². The molecule has 1 aromatic heterocycles. The first-order chi connectivity index (χ1) is 24.3. The highest BCUT2D eigenvalue weighted by Gasteiger charge is 2.27. The predicted molar refractivity (Wildman–Crippen MR) is 204 cm³/mol. The average Bonchev–Trinajstić information content (AvgIpc) is 3.55. The third-order valence-corrected chi connectivity index (χ3v) is 10.8. The van der Waals surface area contributed by atoms with Crippen LogP contribution < -0.4 is 5.32 Å². The van der Waals surface area contributed by atoms with Crippen LogP contribution >= 0.6 is 0 Å². The van der Waals surface area contributed by atoms with Gasteiger partial charge in [-0.05, 0) is 102 Å². The van der Waals surface area contributed by atoms with Crippen molar-refractivity contribution in [3.8, 4) is 11.3 Å². The molecule has 2 N–H and O–H groups in total. The number of hydrogen-bond acceptors (Lipinski definition) is 5. The normalized spacial score (nSPS) is 15.7. The van der Waals surface area contributed by atoms with Gasteiger partial charge in [0.15, 0.2) is 5.78 Å².